The molecule has 0 unspecified atom stereocenters. The molecule has 0 aromatic heterocycles. The molecular formula is C19H20. The third-order valence-electron chi connectivity index (χ3n) is 3.03. The quantitative estimate of drug-likeness (QED) is 0.638. The van der Waals surface area contributed by atoms with Crippen LogP contribution in [0.2, 0.25) is 0 Å². The van der Waals surface area contributed by atoms with Gasteiger partial charge in [-0.15, -0.1) is 0 Å². The summed E-state index contributed by atoms with van der Waals surface area (Å²) in [5.41, 5.74) is 6.37. The van der Waals surface area contributed by atoms with Crippen LogP contribution in [0.1, 0.15) is 30.5 Å². The molecule has 0 saturated carbocycles. The second-order valence-corrected chi connectivity index (χ2v) is 5.06. The van der Waals surface area contributed by atoms with Crippen molar-refractivity contribution in [3.63, 3.8) is 0 Å². The normalized spacial score (nSPS) is 11.2. The summed E-state index contributed by atoms with van der Waals surface area (Å²) in [4.78, 5) is 0. The third-order valence-corrected chi connectivity index (χ3v) is 3.03. The highest BCUT2D eigenvalue weighted by atomic mass is 14.1. The first-order valence-corrected chi connectivity index (χ1v) is 6.64. The first kappa shape index (κ1) is 13.4. The molecule has 0 amide bonds. The van der Waals surface area contributed by atoms with Gasteiger partial charge in [0.1, 0.15) is 0 Å². The van der Waals surface area contributed by atoms with Gasteiger partial charge in [0.05, 0.1) is 0 Å². The Labute approximate surface area is 116 Å². The fourth-order valence-corrected chi connectivity index (χ4v) is 1.96. The zero-order chi connectivity index (χ0) is 13.7. The zero-order valence-electron chi connectivity index (χ0n) is 11.9. The van der Waals surface area contributed by atoms with Gasteiger partial charge in [-0.25, -0.2) is 0 Å². The van der Waals surface area contributed by atoms with E-state index in [0.717, 1.165) is 0 Å². The maximum atomic E-state index is 2.20. The molecule has 2 aromatic carbocycles. The van der Waals surface area contributed by atoms with Crippen molar-refractivity contribution in [3.05, 3.63) is 89.0 Å². The van der Waals surface area contributed by atoms with Crippen molar-refractivity contribution in [1.82, 2.24) is 0 Å². The van der Waals surface area contributed by atoms with Gasteiger partial charge in [-0.3, -0.25) is 0 Å². The topological polar surface area (TPSA) is 0 Å². The Bertz CT molecular complexity index is 580. The second kappa shape index (κ2) is 6.19. The molecule has 0 bridgehead atoms. The molecule has 96 valence electrons. The minimum atomic E-state index is 1.25. The SMILES string of the molecule is CC(C)=C/C=C(\c1ccccc1)c1ccc(C)cc1. The molecule has 0 heteroatoms. The van der Waals surface area contributed by atoms with Gasteiger partial charge >= 0.3 is 0 Å². The molecule has 0 aliphatic heterocycles. The summed E-state index contributed by atoms with van der Waals surface area (Å²) in [6, 6.07) is 19.2. The van der Waals surface area contributed by atoms with Gasteiger partial charge < -0.3 is 0 Å². The highest BCUT2D eigenvalue weighted by Crippen LogP contribution is 2.24. The Morgan fingerprint density at radius 3 is 1.89 bits per heavy atom. The molecular weight excluding hydrogens is 228 g/mol. The van der Waals surface area contributed by atoms with Gasteiger partial charge in [-0.2, -0.15) is 0 Å². The predicted octanol–water partition coefficient (Wildman–Crippen LogP) is 5.39. The molecule has 0 atom stereocenters. The number of benzene rings is 2. The van der Waals surface area contributed by atoms with E-state index in [1.54, 1.807) is 0 Å². The lowest BCUT2D eigenvalue weighted by molar-refractivity contribution is 1.39. The first-order valence-electron chi connectivity index (χ1n) is 6.64. The minimum absolute atomic E-state index is 1.25. The van der Waals surface area contributed by atoms with Crippen molar-refractivity contribution in [2.75, 3.05) is 0 Å². The number of hydrogen-bond donors (Lipinski definition) is 0. The molecule has 0 nitrogen and oxygen atoms in total. The van der Waals surface area contributed by atoms with Crippen LogP contribution in [-0.4, -0.2) is 0 Å². The Morgan fingerprint density at radius 1 is 0.737 bits per heavy atom. The van der Waals surface area contributed by atoms with Crippen LogP contribution in [0.5, 0.6) is 0 Å². The van der Waals surface area contributed by atoms with Crippen molar-refractivity contribution >= 4 is 5.57 Å². The van der Waals surface area contributed by atoms with Gasteiger partial charge in [0, 0.05) is 0 Å². The molecule has 19 heavy (non-hydrogen) atoms. The van der Waals surface area contributed by atoms with E-state index in [4.69, 9.17) is 0 Å². The summed E-state index contributed by atoms with van der Waals surface area (Å²) in [6.45, 7) is 6.36. The van der Waals surface area contributed by atoms with Gasteiger partial charge in [0.2, 0.25) is 0 Å². The van der Waals surface area contributed by atoms with Gasteiger partial charge in [-0.1, -0.05) is 77.9 Å². The molecule has 0 fully saturated rings. The van der Waals surface area contributed by atoms with Crippen LogP contribution < -0.4 is 0 Å². The number of aryl methyl sites for hydroxylation is 1. The van der Waals surface area contributed by atoms with E-state index in [1.807, 2.05) is 0 Å². The number of allylic oxidation sites excluding steroid dienone is 3. The van der Waals surface area contributed by atoms with E-state index in [-0.39, 0.29) is 0 Å². The number of rotatable bonds is 3. The molecule has 0 heterocycles. The summed E-state index contributed by atoms with van der Waals surface area (Å²) in [5, 5.41) is 0. The van der Waals surface area contributed by atoms with E-state index in [1.165, 1.54) is 27.8 Å². The summed E-state index contributed by atoms with van der Waals surface area (Å²) in [5.74, 6) is 0. The van der Waals surface area contributed by atoms with Crippen LogP contribution in [0.4, 0.5) is 0 Å². The van der Waals surface area contributed by atoms with E-state index in [2.05, 4.69) is 87.5 Å². The van der Waals surface area contributed by atoms with E-state index in [9.17, 15) is 0 Å². The predicted molar refractivity (Wildman–Crippen MR) is 84.1 cm³/mol. The molecule has 0 saturated heterocycles. The second-order valence-electron chi connectivity index (χ2n) is 5.06. The molecule has 2 aromatic rings. The van der Waals surface area contributed by atoms with Crippen LogP contribution in [0, 0.1) is 6.92 Å². The van der Waals surface area contributed by atoms with Crippen LogP contribution in [0.15, 0.2) is 72.3 Å². The van der Waals surface area contributed by atoms with Crippen molar-refractivity contribution in [2.24, 2.45) is 0 Å². The molecule has 0 N–H and O–H groups in total. The Balaban J connectivity index is 2.49. The third kappa shape index (κ3) is 3.69. The average molecular weight is 248 g/mol. The van der Waals surface area contributed by atoms with Gasteiger partial charge in [0.25, 0.3) is 0 Å². The van der Waals surface area contributed by atoms with Crippen molar-refractivity contribution < 1.29 is 0 Å². The summed E-state index contributed by atoms with van der Waals surface area (Å²) < 4.78 is 0. The van der Waals surface area contributed by atoms with Crippen molar-refractivity contribution in [3.8, 4) is 0 Å². The highest BCUT2D eigenvalue weighted by molar-refractivity contribution is 5.80. The highest BCUT2D eigenvalue weighted by Gasteiger charge is 2.03. The van der Waals surface area contributed by atoms with E-state index in [0.29, 0.717) is 0 Å². The van der Waals surface area contributed by atoms with Crippen molar-refractivity contribution in [1.29, 1.82) is 0 Å². The first-order chi connectivity index (χ1) is 9.16. The molecule has 2 rings (SSSR count). The maximum absolute atomic E-state index is 2.20. The monoisotopic (exact) mass is 248 g/mol. The Kier molecular flexibility index (Phi) is 4.35. The molecule has 0 radical (unpaired) electrons. The van der Waals surface area contributed by atoms with Gasteiger partial charge in [0.15, 0.2) is 0 Å². The molecule has 0 aliphatic rings. The smallest absolute Gasteiger partial charge is 0.0111 e. The minimum Gasteiger partial charge on any atom is -0.0764 e. The Hall–Kier alpha value is -2.08. The fourth-order valence-electron chi connectivity index (χ4n) is 1.96. The van der Waals surface area contributed by atoms with E-state index >= 15 is 0 Å². The summed E-state index contributed by atoms with van der Waals surface area (Å²) in [7, 11) is 0. The standard InChI is InChI=1S/C19H20/c1-15(2)9-14-19(17-7-5-4-6-8-17)18-12-10-16(3)11-13-18/h4-14H,1-3H3/b19-14+. The van der Waals surface area contributed by atoms with Crippen LogP contribution in [0.25, 0.3) is 5.57 Å². The van der Waals surface area contributed by atoms with Crippen molar-refractivity contribution in [2.45, 2.75) is 20.8 Å². The fraction of sp³-hybridized carbons (Fsp3) is 0.158. The lowest BCUT2D eigenvalue weighted by Crippen LogP contribution is -1.88. The van der Waals surface area contributed by atoms with Crippen LogP contribution >= 0.6 is 0 Å². The molecule has 0 spiro atoms. The van der Waals surface area contributed by atoms with Gasteiger partial charge in [-0.05, 0) is 37.5 Å². The maximum Gasteiger partial charge on any atom is -0.0111 e. The lowest BCUT2D eigenvalue weighted by atomic mass is 9.96. The average Bonchev–Trinajstić information content (AvgIpc) is 2.42. The Morgan fingerprint density at radius 2 is 1.32 bits per heavy atom. The lowest BCUT2D eigenvalue weighted by Gasteiger charge is -2.08. The molecule has 0 aliphatic carbocycles. The zero-order valence-corrected chi connectivity index (χ0v) is 11.9. The van der Waals surface area contributed by atoms with Crippen LogP contribution in [0.3, 0.4) is 0 Å². The number of hydrogen-bond acceptors (Lipinski definition) is 0. The summed E-state index contributed by atoms with van der Waals surface area (Å²) >= 11 is 0. The summed E-state index contributed by atoms with van der Waals surface area (Å²) in [6.07, 6.45) is 4.37. The largest absolute Gasteiger partial charge is 0.0764 e. The van der Waals surface area contributed by atoms with E-state index < -0.39 is 0 Å². The van der Waals surface area contributed by atoms with Crippen LogP contribution in [-0.2, 0) is 0 Å².